The van der Waals surface area contributed by atoms with E-state index in [1.807, 2.05) is 7.05 Å². The Balaban J connectivity index is 2.39. The molecular weight excluding hydrogens is 248 g/mol. The van der Waals surface area contributed by atoms with Crippen LogP contribution in [-0.4, -0.2) is 38.8 Å². The van der Waals surface area contributed by atoms with Crippen LogP contribution in [-0.2, 0) is 9.53 Å². The van der Waals surface area contributed by atoms with Gasteiger partial charge in [-0.25, -0.2) is 0 Å². The molecule has 2 N–H and O–H groups in total. The molecule has 5 heteroatoms. The fraction of sp³-hybridized carbons (Fsp3) is 0.667. The van der Waals surface area contributed by atoms with E-state index in [1.165, 1.54) is 0 Å². The van der Waals surface area contributed by atoms with Gasteiger partial charge in [0.25, 0.3) is 0 Å². The van der Waals surface area contributed by atoms with Crippen LogP contribution in [0.15, 0.2) is 11.1 Å². The highest BCUT2D eigenvalue weighted by Gasteiger charge is 2.32. The van der Waals surface area contributed by atoms with E-state index in [1.54, 1.807) is 0 Å². The van der Waals surface area contributed by atoms with Gasteiger partial charge in [-0.15, -0.1) is 0 Å². The van der Waals surface area contributed by atoms with Gasteiger partial charge in [-0.1, -0.05) is 22.5 Å². The average Bonchev–Trinajstić information content (AvgIpc) is 2.61. The molecule has 1 aliphatic rings. The number of amides is 1. The second-order valence-electron chi connectivity index (χ2n) is 3.27. The van der Waals surface area contributed by atoms with E-state index in [0.717, 1.165) is 4.48 Å². The molecule has 0 bridgehead atoms. The van der Waals surface area contributed by atoms with Gasteiger partial charge in [-0.2, -0.15) is 0 Å². The molecule has 0 spiro atoms. The van der Waals surface area contributed by atoms with Crippen LogP contribution in [0.4, 0.5) is 0 Å². The Morgan fingerprint density at radius 3 is 2.93 bits per heavy atom. The number of hydrogen-bond donors (Lipinski definition) is 2. The van der Waals surface area contributed by atoms with Crippen LogP contribution in [0.2, 0.25) is 0 Å². The number of ether oxygens (including phenoxy) is 1. The Hall–Kier alpha value is -0.390. The maximum Gasteiger partial charge on any atom is 0.227 e. The lowest BCUT2D eigenvalue weighted by Crippen LogP contribution is -2.42. The van der Waals surface area contributed by atoms with Gasteiger partial charge in [0.15, 0.2) is 0 Å². The number of rotatable bonds is 4. The van der Waals surface area contributed by atoms with Crippen LogP contribution >= 0.6 is 15.9 Å². The molecule has 2 atom stereocenters. The van der Waals surface area contributed by atoms with Gasteiger partial charge in [0.2, 0.25) is 5.91 Å². The quantitative estimate of drug-likeness (QED) is 0.764. The van der Waals surface area contributed by atoms with Crippen molar-refractivity contribution in [3.63, 3.8) is 0 Å². The van der Waals surface area contributed by atoms with Gasteiger partial charge in [-0.05, 0) is 7.05 Å². The first-order chi connectivity index (χ1) is 6.65. The number of hydrogen-bond acceptors (Lipinski definition) is 3. The molecule has 80 valence electrons. The minimum Gasteiger partial charge on any atom is -0.379 e. The van der Waals surface area contributed by atoms with Crippen LogP contribution in [0, 0.1) is 5.92 Å². The lowest BCUT2D eigenvalue weighted by Gasteiger charge is -2.15. The van der Waals surface area contributed by atoms with Crippen LogP contribution in [0.5, 0.6) is 0 Å². The molecule has 1 aliphatic heterocycles. The van der Waals surface area contributed by atoms with Crippen molar-refractivity contribution in [3.05, 3.63) is 11.1 Å². The summed E-state index contributed by atoms with van der Waals surface area (Å²) in [5.74, 6) is -0.0747. The zero-order chi connectivity index (χ0) is 10.6. The van der Waals surface area contributed by atoms with Gasteiger partial charge in [0.1, 0.15) is 0 Å². The molecule has 1 fully saturated rings. The summed E-state index contributed by atoms with van der Waals surface area (Å²) in [6, 6.07) is 0.124. The van der Waals surface area contributed by atoms with Gasteiger partial charge in [0.05, 0.1) is 19.1 Å². The van der Waals surface area contributed by atoms with E-state index in [0.29, 0.717) is 19.8 Å². The van der Waals surface area contributed by atoms with Crippen LogP contribution in [0.25, 0.3) is 0 Å². The highest BCUT2D eigenvalue weighted by atomic mass is 79.9. The van der Waals surface area contributed by atoms with Crippen LogP contribution in [0.1, 0.15) is 0 Å². The number of halogens is 1. The zero-order valence-corrected chi connectivity index (χ0v) is 9.76. The largest absolute Gasteiger partial charge is 0.379 e. The highest BCUT2D eigenvalue weighted by Crippen LogP contribution is 2.13. The third kappa shape index (κ3) is 3.08. The Morgan fingerprint density at radius 1 is 1.64 bits per heavy atom. The molecule has 0 aromatic heterocycles. The van der Waals surface area contributed by atoms with Crippen molar-refractivity contribution in [2.75, 3.05) is 26.8 Å². The van der Waals surface area contributed by atoms with E-state index in [2.05, 4.69) is 33.1 Å². The second kappa shape index (κ2) is 5.48. The minimum absolute atomic E-state index is 0.0162. The predicted octanol–water partition coefficient (Wildman–Crippen LogP) is 0.246. The topological polar surface area (TPSA) is 50.4 Å². The molecule has 4 nitrogen and oxygen atoms in total. The Labute approximate surface area is 92.2 Å². The first-order valence-corrected chi connectivity index (χ1v) is 5.30. The summed E-state index contributed by atoms with van der Waals surface area (Å²) in [6.45, 7) is 5.21. The van der Waals surface area contributed by atoms with Gasteiger partial charge < -0.3 is 15.4 Å². The predicted molar refractivity (Wildman–Crippen MR) is 58.2 cm³/mol. The van der Waals surface area contributed by atoms with Crippen LogP contribution in [0.3, 0.4) is 0 Å². The monoisotopic (exact) mass is 262 g/mol. The molecular formula is C9H15BrN2O2. The lowest BCUT2D eigenvalue weighted by atomic mass is 10.0. The molecule has 0 aromatic carbocycles. The summed E-state index contributed by atoms with van der Waals surface area (Å²) < 4.78 is 6.00. The fourth-order valence-electron chi connectivity index (χ4n) is 1.41. The smallest absolute Gasteiger partial charge is 0.227 e. The number of nitrogens with one attached hydrogen (secondary N) is 2. The summed E-state index contributed by atoms with van der Waals surface area (Å²) >= 11 is 3.19. The molecule has 14 heavy (non-hydrogen) atoms. The molecule has 0 saturated carbocycles. The summed E-state index contributed by atoms with van der Waals surface area (Å²) in [7, 11) is 1.84. The van der Waals surface area contributed by atoms with Gasteiger partial charge in [0, 0.05) is 17.1 Å². The Morgan fingerprint density at radius 2 is 2.36 bits per heavy atom. The molecule has 1 rings (SSSR count). The van der Waals surface area contributed by atoms with E-state index in [-0.39, 0.29) is 17.9 Å². The van der Waals surface area contributed by atoms with Gasteiger partial charge >= 0.3 is 0 Å². The van der Waals surface area contributed by atoms with E-state index < -0.39 is 0 Å². The number of likely N-dealkylation sites (N-methyl/N-ethyl adjacent to an activating group) is 1. The fourth-order valence-corrected chi connectivity index (χ4v) is 1.55. The number of carbonyl (C=O) groups is 1. The molecule has 1 saturated heterocycles. The summed E-state index contributed by atoms with van der Waals surface area (Å²) in [5, 5.41) is 5.85. The zero-order valence-electron chi connectivity index (χ0n) is 8.18. The molecule has 0 aromatic rings. The Bertz CT molecular complexity index is 233. The first kappa shape index (κ1) is 11.7. The van der Waals surface area contributed by atoms with Crippen molar-refractivity contribution in [1.82, 2.24) is 10.6 Å². The van der Waals surface area contributed by atoms with Crippen molar-refractivity contribution in [1.29, 1.82) is 0 Å². The maximum atomic E-state index is 11.6. The molecule has 0 radical (unpaired) electrons. The van der Waals surface area contributed by atoms with E-state index in [4.69, 9.17) is 4.74 Å². The minimum atomic E-state index is -0.0909. The molecule has 2 unspecified atom stereocenters. The second-order valence-corrected chi connectivity index (χ2v) is 4.40. The van der Waals surface area contributed by atoms with Crippen LogP contribution < -0.4 is 10.6 Å². The van der Waals surface area contributed by atoms with Crippen molar-refractivity contribution in [2.45, 2.75) is 6.04 Å². The number of carbonyl (C=O) groups excluding carboxylic acids is 1. The lowest BCUT2D eigenvalue weighted by molar-refractivity contribution is -0.125. The first-order valence-electron chi connectivity index (χ1n) is 4.51. The van der Waals surface area contributed by atoms with E-state index in [9.17, 15) is 4.79 Å². The molecule has 0 aliphatic carbocycles. The van der Waals surface area contributed by atoms with E-state index >= 15 is 0 Å². The van der Waals surface area contributed by atoms with Gasteiger partial charge in [-0.3, -0.25) is 4.79 Å². The standard InChI is InChI=1S/C9H15BrN2O2/c1-6(10)3-12-9(13)7-4-14-5-8(7)11-2/h7-8,11H,1,3-5H2,2H3,(H,12,13). The SMILES string of the molecule is C=C(Br)CNC(=O)C1COCC1NC. The average molecular weight is 263 g/mol. The normalized spacial score (nSPS) is 26.1. The van der Waals surface area contributed by atoms with Crippen molar-refractivity contribution >= 4 is 21.8 Å². The summed E-state index contributed by atoms with van der Waals surface area (Å²) in [6.07, 6.45) is 0. The van der Waals surface area contributed by atoms with Crippen molar-refractivity contribution in [3.8, 4) is 0 Å². The third-order valence-electron chi connectivity index (χ3n) is 2.24. The maximum absolute atomic E-state index is 11.6. The summed E-state index contributed by atoms with van der Waals surface area (Å²) in [5.41, 5.74) is 0. The molecule has 1 amide bonds. The third-order valence-corrected chi connectivity index (χ3v) is 2.52. The Kier molecular flexibility index (Phi) is 4.57. The van der Waals surface area contributed by atoms with Crippen molar-refractivity contribution in [2.24, 2.45) is 5.92 Å². The highest BCUT2D eigenvalue weighted by molar-refractivity contribution is 9.11. The van der Waals surface area contributed by atoms with Crippen molar-refractivity contribution < 1.29 is 9.53 Å². The molecule has 1 heterocycles. The summed E-state index contributed by atoms with van der Waals surface area (Å²) in [4.78, 5) is 11.6.